The van der Waals surface area contributed by atoms with Crippen LogP contribution in [0.2, 0.25) is 5.02 Å². The Labute approximate surface area is 119 Å². The van der Waals surface area contributed by atoms with E-state index in [1.54, 1.807) is 4.72 Å². The van der Waals surface area contributed by atoms with Gasteiger partial charge in [-0.1, -0.05) is 11.6 Å². The molecule has 0 radical (unpaired) electrons. The number of nitrogens with two attached hydrogens (primary N) is 2. The zero-order valence-electron chi connectivity index (χ0n) is 9.70. The Kier molecular flexibility index (Phi) is 4.61. The van der Waals surface area contributed by atoms with Crippen LogP contribution in [0.3, 0.4) is 0 Å². The molecule has 0 saturated heterocycles. The highest BCUT2D eigenvalue weighted by Crippen LogP contribution is 2.29. The van der Waals surface area contributed by atoms with Crippen LogP contribution in [-0.2, 0) is 24.8 Å². The molecule has 112 valence electrons. The minimum Gasteiger partial charge on any atom is -0.480 e. The van der Waals surface area contributed by atoms with Crippen LogP contribution in [0.4, 0.5) is 5.69 Å². The zero-order valence-corrected chi connectivity index (χ0v) is 12.1. The van der Waals surface area contributed by atoms with E-state index in [9.17, 15) is 21.6 Å². The number of benzene rings is 1. The molecule has 0 amide bonds. The second-order valence-corrected chi connectivity index (χ2v) is 7.26. The van der Waals surface area contributed by atoms with Gasteiger partial charge in [-0.25, -0.2) is 22.0 Å². The molecule has 0 aromatic heterocycles. The number of sulfonamides is 2. The number of carboxylic acid groups (broad SMARTS) is 1. The van der Waals surface area contributed by atoms with Gasteiger partial charge in [0.05, 0.1) is 10.7 Å². The van der Waals surface area contributed by atoms with Gasteiger partial charge in [-0.2, -0.15) is 4.72 Å². The molecule has 0 aliphatic rings. The largest absolute Gasteiger partial charge is 0.480 e. The summed E-state index contributed by atoms with van der Waals surface area (Å²) in [7, 11) is -8.58. The Morgan fingerprint density at radius 3 is 2.25 bits per heavy atom. The normalized spacial score (nSPS) is 12.3. The number of primary sulfonamides is 1. The first-order valence-electron chi connectivity index (χ1n) is 4.78. The van der Waals surface area contributed by atoms with Gasteiger partial charge in [0, 0.05) is 0 Å². The molecular weight excluding hydrogens is 334 g/mol. The average Bonchev–Trinajstić information content (AvgIpc) is 2.24. The summed E-state index contributed by atoms with van der Waals surface area (Å²) in [6.45, 7) is -0.895. The molecule has 0 aliphatic carbocycles. The number of anilines is 1. The monoisotopic (exact) mass is 343 g/mol. The van der Waals surface area contributed by atoms with Crippen molar-refractivity contribution in [3.63, 3.8) is 0 Å². The molecule has 0 spiro atoms. The minimum atomic E-state index is -4.32. The van der Waals surface area contributed by atoms with Crippen LogP contribution in [0.15, 0.2) is 21.9 Å². The van der Waals surface area contributed by atoms with E-state index in [4.69, 9.17) is 27.6 Å². The fourth-order valence-corrected chi connectivity index (χ4v) is 3.52. The quantitative estimate of drug-likeness (QED) is 0.493. The van der Waals surface area contributed by atoms with Crippen molar-refractivity contribution in [2.24, 2.45) is 5.14 Å². The Hall–Kier alpha value is -1.40. The van der Waals surface area contributed by atoms with E-state index >= 15 is 0 Å². The average molecular weight is 344 g/mol. The number of carboxylic acids is 1. The van der Waals surface area contributed by atoms with Gasteiger partial charge >= 0.3 is 5.97 Å². The lowest BCUT2D eigenvalue weighted by Gasteiger charge is -2.10. The predicted molar refractivity (Wildman–Crippen MR) is 70.1 cm³/mol. The number of aliphatic carboxylic acids is 1. The maximum atomic E-state index is 11.8. The van der Waals surface area contributed by atoms with Crippen LogP contribution in [0.5, 0.6) is 0 Å². The Morgan fingerprint density at radius 1 is 1.25 bits per heavy atom. The summed E-state index contributed by atoms with van der Waals surface area (Å²) in [5.74, 6) is -1.42. The molecule has 0 heterocycles. The molecule has 0 unspecified atom stereocenters. The summed E-state index contributed by atoms with van der Waals surface area (Å²) in [4.78, 5) is 9.08. The van der Waals surface area contributed by atoms with Gasteiger partial charge in [-0.05, 0) is 12.1 Å². The van der Waals surface area contributed by atoms with Gasteiger partial charge < -0.3 is 10.8 Å². The summed E-state index contributed by atoms with van der Waals surface area (Å²) in [6.07, 6.45) is 0. The summed E-state index contributed by atoms with van der Waals surface area (Å²) < 4.78 is 47.9. The molecule has 1 rings (SSSR count). The molecule has 0 aliphatic heterocycles. The smallest absolute Gasteiger partial charge is 0.318 e. The van der Waals surface area contributed by atoms with E-state index in [1.807, 2.05) is 0 Å². The molecule has 0 fully saturated rings. The van der Waals surface area contributed by atoms with Crippen molar-refractivity contribution in [3.05, 3.63) is 17.2 Å². The fourth-order valence-electron chi connectivity index (χ4n) is 1.24. The lowest BCUT2D eigenvalue weighted by molar-refractivity contribution is -0.135. The number of hydrogen-bond donors (Lipinski definition) is 4. The topological polar surface area (TPSA) is 170 Å². The third-order valence-corrected chi connectivity index (χ3v) is 4.91. The summed E-state index contributed by atoms with van der Waals surface area (Å²) in [5.41, 5.74) is 5.06. The van der Waals surface area contributed by atoms with Gasteiger partial charge in [0.2, 0.25) is 20.0 Å². The van der Waals surface area contributed by atoms with E-state index in [-0.39, 0.29) is 10.7 Å². The van der Waals surface area contributed by atoms with Gasteiger partial charge in [0.1, 0.15) is 16.3 Å². The van der Waals surface area contributed by atoms with Crippen molar-refractivity contribution in [1.82, 2.24) is 4.72 Å². The van der Waals surface area contributed by atoms with Gasteiger partial charge in [-0.15, -0.1) is 0 Å². The molecule has 0 bridgehead atoms. The first kappa shape index (κ1) is 16.7. The van der Waals surface area contributed by atoms with E-state index in [0.29, 0.717) is 6.07 Å². The number of carbonyl (C=O) groups is 1. The molecule has 6 N–H and O–H groups in total. The Morgan fingerprint density at radius 2 is 1.80 bits per heavy atom. The number of rotatable bonds is 5. The number of hydrogen-bond acceptors (Lipinski definition) is 6. The molecule has 9 nitrogen and oxygen atoms in total. The molecule has 1 aromatic carbocycles. The third-order valence-electron chi connectivity index (χ3n) is 2.07. The van der Waals surface area contributed by atoms with Crippen molar-refractivity contribution in [1.29, 1.82) is 0 Å². The van der Waals surface area contributed by atoms with Crippen molar-refractivity contribution in [2.45, 2.75) is 9.79 Å². The van der Waals surface area contributed by atoms with Gasteiger partial charge in [0.15, 0.2) is 0 Å². The zero-order chi connectivity index (χ0) is 15.7. The highest BCUT2D eigenvalue weighted by atomic mass is 35.5. The molecule has 1 aromatic rings. The molecule has 20 heavy (non-hydrogen) atoms. The van der Waals surface area contributed by atoms with Gasteiger partial charge in [-0.3, -0.25) is 4.79 Å². The van der Waals surface area contributed by atoms with Crippen LogP contribution in [0.1, 0.15) is 0 Å². The van der Waals surface area contributed by atoms with Crippen molar-refractivity contribution in [3.8, 4) is 0 Å². The third kappa shape index (κ3) is 3.80. The van der Waals surface area contributed by atoms with Crippen molar-refractivity contribution in [2.75, 3.05) is 12.3 Å². The van der Waals surface area contributed by atoms with Gasteiger partial charge in [0.25, 0.3) is 0 Å². The van der Waals surface area contributed by atoms with Crippen LogP contribution in [0, 0.1) is 0 Å². The maximum absolute atomic E-state index is 11.8. The summed E-state index contributed by atoms with van der Waals surface area (Å²) in [6, 6.07) is 1.56. The second-order valence-electron chi connectivity index (χ2n) is 3.58. The second kappa shape index (κ2) is 5.54. The van der Waals surface area contributed by atoms with E-state index in [0.717, 1.165) is 6.07 Å². The summed E-state index contributed by atoms with van der Waals surface area (Å²) >= 11 is 5.67. The van der Waals surface area contributed by atoms with Crippen molar-refractivity contribution < 1.29 is 26.7 Å². The molecular formula is C8H10ClN3O6S2. The van der Waals surface area contributed by atoms with Crippen LogP contribution >= 0.6 is 11.6 Å². The Bertz CT molecular complexity index is 759. The number of nitrogens with one attached hydrogen (secondary N) is 1. The SMILES string of the molecule is Nc1cc(Cl)c(S(=O)(=O)NCC(=O)O)cc1S(N)(=O)=O. The first-order valence-corrected chi connectivity index (χ1v) is 8.19. The van der Waals surface area contributed by atoms with Crippen LogP contribution in [0.25, 0.3) is 0 Å². The highest BCUT2D eigenvalue weighted by Gasteiger charge is 2.23. The number of nitrogen functional groups attached to an aromatic ring is 1. The molecule has 0 atom stereocenters. The van der Waals surface area contributed by atoms with Crippen LogP contribution < -0.4 is 15.6 Å². The van der Waals surface area contributed by atoms with E-state index in [2.05, 4.69) is 0 Å². The minimum absolute atomic E-state index is 0.324. The molecule has 12 heteroatoms. The lowest BCUT2D eigenvalue weighted by atomic mass is 10.3. The highest BCUT2D eigenvalue weighted by molar-refractivity contribution is 7.90. The van der Waals surface area contributed by atoms with Crippen LogP contribution in [-0.4, -0.2) is 34.5 Å². The van der Waals surface area contributed by atoms with Crippen molar-refractivity contribution >= 4 is 43.3 Å². The maximum Gasteiger partial charge on any atom is 0.318 e. The lowest BCUT2D eigenvalue weighted by Crippen LogP contribution is -2.30. The fraction of sp³-hybridized carbons (Fsp3) is 0.125. The predicted octanol–water partition coefficient (Wildman–Crippen LogP) is -1.07. The standard InChI is InChI=1S/C8H10ClN3O6S2/c9-4-1-5(10)7(19(11,15)16)2-6(4)20(17,18)12-3-8(13)14/h1-2,12H,3,10H2,(H,13,14)(H2,11,15,16). The Balaban J connectivity index is 3.43. The van der Waals surface area contributed by atoms with E-state index < -0.39 is 42.4 Å². The summed E-state index contributed by atoms with van der Waals surface area (Å²) in [5, 5.41) is 12.9. The molecule has 0 saturated carbocycles. The van der Waals surface area contributed by atoms with E-state index in [1.165, 1.54) is 0 Å². The first-order chi connectivity index (χ1) is 8.95. The number of halogens is 1.